The van der Waals surface area contributed by atoms with Gasteiger partial charge in [-0.2, -0.15) is 5.10 Å². The molecule has 0 saturated carbocycles. The van der Waals surface area contributed by atoms with Crippen LogP contribution in [0.15, 0.2) is 30.6 Å². The summed E-state index contributed by atoms with van der Waals surface area (Å²) in [7, 11) is 0. The number of fused-ring (bicyclic) bond motifs is 1. The Bertz CT molecular complexity index is 1320. The van der Waals surface area contributed by atoms with E-state index in [0.29, 0.717) is 51.5 Å². The fraction of sp³-hybridized carbons (Fsp3) is 0.462. The topological polar surface area (TPSA) is 88.4 Å². The molecule has 1 aromatic carbocycles. The molecule has 2 aromatic heterocycles. The molecular formula is C26H29F2N7O2. The van der Waals surface area contributed by atoms with Crippen molar-refractivity contribution in [1.82, 2.24) is 30.0 Å². The summed E-state index contributed by atoms with van der Waals surface area (Å²) in [4.78, 5) is 26.1. The van der Waals surface area contributed by atoms with E-state index < -0.39 is 11.6 Å². The quantitative estimate of drug-likeness (QED) is 0.566. The van der Waals surface area contributed by atoms with Crippen molar-refractivity contribution in [3.8, 4) is 17.0 Å². The molecule has 0 bridgehead atoms. The van der Waals surface area contributed by atoms with Crippen LogP contribution in [-0.2, 0) is 17.8 Å². The van der Waals surface area contributed by atoms with Crippen molar-refractivity contribution in [2.45, 2.75) is 44.9 Å². The highest BCUT2D eigenvalue weighted by Crippen LogP contribution is 2.33. The Kier molecular flexibility index (Phi) is 6.23. The van der Waals surface area contributed by atoms with E-state index in [-0.39, 0.29) is 17.8 Å². The molecule has 37 heavy (non-hydrogen) atoms. The summed E-state index contributed by atoms with van der Waals surface area (Å²) in [6.07, 6.45) is 5.66. The number of anilines is 1. The minimum absolute atomic E-state index is 0.0306. The number of rotatable bonds is 5. The first-order valence-electron chi connectivity index (χ1n) is 12.7. The van der Waals surface area contributed by atoms with Gasteiger partial charge in [-0.15, -0.1) is 0 Å². The highest BCUT2D eigenvalue weighted by atomic mass is 19.1. The van der Waals surface area contributed by atoms with E-state index in [2.05, 4.69) is 15.3 Å². The number of ether oxygens (including phenoxy) is 1. The van der Waals surface area contributed by atoms with E-state index in [1.807, 2.05) is 17.1 Å². The molecule has 0 atom stereocenters. The zero-order chi connectivity index (χ0) is 25.5. The lowest BCUT2D eigenvalue weighted by Crippen LogP contribution is -2.43. The van der Waals surface area contributed by atoms with Crippen LogP contribution in [0, 0.1) is 11.6 Å². The number of aromatic nitrogens is 4. The maximum Gasteiger partial charge on any atom is 0.219 e. The predicted molar refractivity (Wildman–Crippen MR) is 132 cm³/mol. The van der Waals surface area contributed by atoms with E-state index in [0.717, 1.165) is 47.6 Å². The number of nitrogens with one attached hydrogen (secondary N) is 1. The fourth-order valence-corrected chi connectivity index (χ4v) is 5.06. The molecule has 2 fully saturated rings. The Labute approximate surface area is 213 Å². The van der Waals surface area contributed by atoms with Crippen LogP contribution >= 0.6 is 0 Å². The van der Waals surface area contributed by atoms with Crippen molar-refractivity contribution >= 4 is 11.7 Å². The van der Waals surface area contributed by atoms with Gasteiger partial charge in [-0.3, -0.25) is 9.48 Å². The third-order valence-corrected chi connectivity index (χ3v) is 7.38. The van der Waals surface area contributed by atoms with Gasteiger partial charge < -0.3 is 19.9 Å². The van der Waals surface area contributed by atoms with Gasteiger partial charge in [-0.1, -0.05) is 0 Å². The van der Waals surface area contributed by atoms with Crippen LogP contribution in [-0.4, -0.2) is 69.4 Å². The maximum absolute atomic E-state index is 14.1. The van der Waals surface area contributed by atoms with Gasteiger partial charge in [-0.05, 0) is 12.1 Å². The zero-order valence-corrected chi connectivity index (χ0v) is 20.7. The smallest absolute Gasteiger partial charge is 0.219 e. The second-order valence-corrected chi connectivity index (χ2v) is 9.88. The molecule has 0 unspecified atom stereocenters. The van der Waals surface area contributed by atoms with Gasteiger partial charge in [0, 0.05) is 76.7 Å². The van der Waals surface area contributed by atoms with E-state index in [1.165, 1.54) is 12.1 Å². The Balaban J connectivity index is 1.26. The van der Waals surface area contributed by atoms with Crippen LogP contribution in [0.1, 0.15) is 37.2 Å². The molecule has 194 valence electrons. The molecule has 1 N–H and O–H groups in total. The zero-order valence-electron chi connectivity index (χ0n) is 20.7. The third-order valence-electron chi connectivity index (χ3n) is 7.38. The Hall–Kier alpha value is -3.60. The van der Waals surface area contributed by atoms with Crippen LogP contribution in [0.3, 0.4) is 0 Å². The summed E-state index contributed by atoms with van der Waals surface area (Å²) in [5.74, 6) is -0.414. The fourth-order valence-electron chi connectivity index (χ4n) is 5.06. The van der Waals surface area contributed by atoms with Gasteiger partial charge in [0.05, 0.1) is 30.2 Å². The molecular weight excluding hydrogens is 480 g/mol. The normalized spacial score (nSPS) is 18.5. The predicted octanol–water partition coefficient (Wildman–Crippen LogP) is 2.72. The first-order valence-corrected chi connectivity index (χ1v) is 12.7. The molecule has 3 aliphatic rings. The molecule has 11 heteroatoms. The second kappa shape index (κ2) is 9.70. The van der Waals surface area contributed by atoms with Gasteiger partial charge >= 0.3 is 0 Å². The average molecular weight is 510 g/mol. The summed E-state index contributed by atoms with van der Waals surface area (Å²) in [5, 5.41) is 7.84. The Morgan fingerprint density at radius 1 is 1.11 bits per heavy atom. The van der Waals surface area contributed by atoms with Crippen molar-refractivity contribution in [3.63, 3.8) is 0 Å². The summed E-state index contributed by atoms with van der Waals surface area (Å²) < 4.78 is 35.2. The molecule has 3 aromatic rings. The van der Waals surface area contributed by atoms with Crippen molar-refractivity contribution < 1.29 is 18.3 Å². The van der Waals surface area contributed by atoms with Gasteiger partial charge in [0.15, 0.2) is 17.4 Å². The lowest BCUT2D eigenvalue weighted by atomic mass is 10.1. The highest BCUT2D eigenvalue weighted by molar-refractivity contribution is 5.74. The standard InChI is InChI=1S/C26H29F2N7O2/c1-16(36)34-9-6-22-23(15-34)31-25(17-11-30-35(14-17)19-12-29-13-19)26(32-22)33-7-4-20(5-8-33)37-24-3-2-18(27)10-21(24)28/h2-3,10-11,14,19-20,29H,4-9,12-13,15H2,1H3. The number of hydrogen-bond donors (Lipinski definition) is 1. The van der Waals surface area contributed by atoms with E-state index in [1.54, 1.807) is 11.8 Å². The molecule has 6 rings (SSSR count). The number of halogens is 2. The second-order valence-electron chi connectivity index (χ2n) is 9.88. The monoisotopic (exact) mass is 509 g/mol. The van der Waals surface area contributed by atoms with Crippen molar-refractivity contribution in [2.75, 3.05) is 37.6 Å². The summed E-state index contributed by atoms with van der Waals surface area (Å²) in [6.45, 7) is 5.75. The third kappa shape index (κ3) is 4.75. The lowest BCUT2D eigenvalue weighted by molar-refractivity contribution is -0.129. The van der Waals surface area contributed by atoms with Crippen molar-refractivity contribution in [1.29, 1.82) is 0 Å². The number of benzene rings is 1. The minimum atomic E-state index is -0.691. The number of amides is 1. The number of carbonyl (C=O) groups excluding carboxylic acids is 1. The summed E-state index contributed by atoms with van der Waals surface area (Å²) in [5.41, 5.74) is 3.39. The number of carbonyl (C=O) groups is 1. The number of hydrogen-bond acceptors (Lipinski definition) is 7. The van der Waals surface area contributed by atoms with Crippen molar-refractivity contribution in [3.05, 3.63) is 53.6 Å². The molecule has 2 saturated heterocycles. The minimum Gasteiger partial charge on any atom is -0.487 e. The Morgan fingerprint density at radius 2 is 1.92 bits per heavy atom. The first kappa shape index (κ1) is 23.8. The maximum atomic E-state index is 14.1. The first-order chi connectivity index (χ1) is 17.9. The van der Waals surface area contributed by atoms with E-state index in [9.17, 15) is 13.6 Å². The lowest BCUT2D eigenvalue weighted by Gasteiger charge is -2.35. The molecule has 5 heterocycles. The van der Waals surface area contributed by atoms with E-state index >= 15 is 0 Å². The Morgan fingerprint density at radius 3 is 2.62 bits per heavy atom. The SMILES string of the molecule is CC(=O)N1CCc2nc(N3CCC(Oc4ccc(F)cc4F)CC3)c(-c3cnn(C4CNC4)c3)nc2C1. The number of nitrogens with zero attached hydrogens (tertiary/aromatic N) is 6. The van der Waals surface area contributed by atoms with Gasteiger partial charge in [-0.25, -0.2) is 18.7 Å². The van der Waals surface area contributed by atoms with Gasteiger partial charge in [0.25, 0.3) is 0 Å². The van der Waals surface area contributed by atoms with Crippen LogP contribution in [0.25, 0.3) is 11.3 Å². The molecule has 9 nitrogen and oxygen atoms in total. The van der Waals surface area contributed by atoms with Crippen LogP contribution < -0.4 is 15.0 Å². The molecule has 0 aliphatic carbocycles. The largest absolute Gasteiger partial charge is 0.487 e. The van der Waals surface area contributed by atoms with E-state index in [4.69, 9.17) is 14.7 Å². The summed E-state index contributed by atoms with van der Waals surface area (Å²) in [6, 6.07) is 3.71. The number of piperidine rings is 1. The van der Waals surface area contributed by atoms with Gasteiger partial charge in [0.2, 0.25) is 5.91 Å². The molecule has 0 spiro atoms. The van der Waals surface area contributed by atoms with Gasteiger partial charge in [0.1, 0.15) is 17.6 Å². The summed E-state index contributed by atoms with van der Waals surface area (Å²) >= 11 is 0. The van der Waals surface area contributed by atoms with Crippen LogP contribution in [0.4, 0.5) is 14.6 Å². The molecule has 1 amide bonds. The molecule has 3 aliphatic heterocycles. The van der Waals surface area contributed by atoms with Crippen LogP contribution in [0.2, 0.25) is 0 Å². The average Bonchev–Trinajstić information content (AvgIpc) is 3.33. The van der Waals surface area contributed by atoms with Crippen LogP contribution in [0.5, 0.6) is 5.75 Å². The highest BCUT2D eigenvalue weighted by Gasteiger charge is 2.29. The van der Waals surface area contributed by atoms with Crippen molar-refractivity contribution in [2.24, 2.45) is 0 Å². The molecule has 0 radical (unpaired) electrons.